The first-order valence-corrected chi connectivity index (χ1v) is 9.17. The molecule has 142 valence electrons. The van der Waals surface area contributed by atoms with E-state index in [1.54, 1.807) is 4.90 Å². The van der Waals surface area contributed by atoms with E-state index in [1.165, 1.54) is 25.0 Å². The van der Waals surface area contributed by atoms with Gasteiger partial charge in [0.1, 0.15) is 0 Å². The lowest BCUT2D eigenvalue weighted by atomic mass is 10.0. The molecule has 2 aliphatic rings. The first-order chi connectivity index (χ1) is 12.5. The van der Waals surface area contributed by atoms with Crippen LogP contribution in [0.1, 0.15) is 36.8 Å². The van der Waals surface area contributed by atoms with Crippen molar-refractivity contribution < 1.29 is 17.9 Å². The van der Waals surface area contributed by atoms with Crippen molar-refractivity contribution in [2.75, 3.05) is 44.2 Å². The van der Waals surface area contributed by atoms with Crippen molar-refractivity contribution >= 4 is 5.69 Å². The van der Waals surface area contributed by atoms with Crippen LogP contribution in [-0.2, 0) is 10.9 Å². The molecule has 0 radical (unpaired) electrons. The Bertz CT molecular complexity index is 642. The molecule has 2 saturated heterocycles. The maximum absolute atomic E-state index is 13.3. The van der Waals surface area contributed by atoms with E-state index < -0.39 is 11.7 Å². The molecule has 4 nitrogen and oxygen atoms in total. The number of rotatable bonds is 5. The van der Waals surface area contributed by atoms with Crippen LogP contribution in [0.25, 0.3) is 0 Å². The number of benzene rings is 1. The minimum absolute atomic E-state index is 0.0994. The first kappa shape index (κ1) is 19.0. The largest absolute Gasteiger partial charge is 0.418 e. The molecule has 0 aromatic heterocycles. The molecule has 1 aromatic rings. The van der Waals surface area contributed by atoms with Gasteiger partial charge in [0.25, 0.3) is 0 Å². The summed E-state index contributed by atoms with van der Waals surface area (Å²) in [6.07, 6.45) is -0.417. The van der Waals surface area contributed by atoms with Gasteiger partial charge in [0.15, 0.2) is 0 Å². The van der Waals surface area contributed by atoms with Crippen molar-refractivity contribution in [3.05, 3.63) is 29.3 Å². The van der Waals surface area contributed by atoms with Gasteiger partial charge in [0, 0.05) is 19.6 Å². The Kier molecular flexibility index (Phi) is 6.05. The fraction of sp³-hybridized carbons (Fsp3) is 0.632. The number of likely N-dealkylation sites (tertiary alicyclic amines) is 1. The Morgan fingerprint density at radius 1 is 1.12 bits per heavy atom. The number of hydrogen-bond donors (Lipinski definition) is 0. The molecule has 1 aromatic carbocycles. The van der Waals surface area contributed by atoms with Crippen molar-refractivity contribution in [1.29, 1.82) is 5.26 Å². The van der Waals surface area contributed by atoms with Crippen LogP contribution in [0.15, 0.2) is 18.2 Å². The summed E-state index contributed by atoms with van der Waals surface area (Å²) in [4.78, 5) is 4.11. The molecular weight excluding hydrogens is 343 g/mol. The van der Waals surface area contributed by atoms with Gasteiger partial charge < -0.3 is 14.5 Å². The summed E-state index contributed by atoms with van der Waals surface area (Å²) in [5.74, 6) is 0. The minimum Gasteiger partial charge on any atom is -0.377 e. The normalized spacial score (nSPS) is 19.7. The van der Waals surface area contributed by atoms with E-state index in [0.29, 0.717) is 32.5 Å². The third-order valence-electron chi connectivity index (χ3n) is 5.17. The second-order valence-electron chi connectivity index (χ2n) is 6.95. The Morgan fingerprint density at radius 3 is 2.42 bits per heavy atom. The SMILES string of the molecule is N#Cc1ccc(C(F)(F)F)c(N2CCC(OCCN3CCCC3)CC2)c1. The summed E-state index contributed by atoms with van der Waals surface area (Å²) in [5.41, 5.74) is -0.325. The van der Waals surface area contributed by atoms with Crippen molar-refractivity contribution in [3.8, 4) is 6.07 Å². The van der Waals surface area contributed by atoms with Gasteiger partial charge >= 0.3 is 6.18 Å². The fourth-order valence-corrected chi connectivity index (χ4v) is 3.72. The van der Waals surface area contributed by atoms with E-state index >= 15 is 0 Å². The number of halogens is 3. The number of nitrogens with zero attached hydrogens (tertiary/aromatic N) is 3. The van der Waals surface area contributed by atoms with Gasteiger partial charge in [-0.25, -0.2) is 0 Å². The van der Waals surface area contributed by atoms with Gasteiger partial charge in [-0.1, -0.05) is 0 Å². The van der Waals surface area contributed by atoms with Crippen molar-refractivity contribution in [1.82, 2.24) is 4.90 Å². The smallest absolute Gasteiger partial charge is 0.377 e. The van der Waals surface area contributed by atoms with E-state index in [9.17, 15) is 13.2 Å². The summed E-state index contributed by atoms with van der Waals surface area (Å²) in [6.45, 7) is 4.90. The molecule has 0 aliphatic carbocycles. The van der Waals surface area contributed by atoms with Crippen LogP contribution in [0.2, 0.25) is 0 Å². The highest BCUT2D eigenvalue weighted by atomic mass is 19.4. The molecular formula is C19H24F3N3O. The molecule has 2 heterocycles. The molecule has 2 aliphatic heterocycles. The topological polar surface area (TPSA) is 39.5 Å². The van der Waals surface area contributed by atoms with E-state index in [4.69, 9.17) is 10.00 Å². The number of anilines is 1. The second-order valence-corrected chi connectivity index (χ2v) is 6.95. The van der Waals surface area contributed by atoms with Gasteiger partial charge in [0.05, 0.1) is 35.6 Å². The van der Waals surface area contributed by atoms with Gasteiger partial charge in [-0.3, -0.25) is 0 Å². The van der Waals surface area contributed by atoms with Crippen LogP contribution in [0.3, 0.4) is 0 Å². The predicted octanol–water partition coefficient (Wildman–Crippen LogP) is 3.66. The highest BCUT2D eigenvalue weighted by Crippen LogP contribution is 2.38. The molecule has 7 heteroatoms. The lowest BCUT2D eigenvalue weighted by Gasteiger charge is -2.35. The van der Waals surface area contributed by atoms with Crippen LogP contribution < -0.4 is 4.90 Å². The number of alkyl halides is 3. The Labute approximate surface area is 152 Å². The minimum atomic E-state index is -4.42. The van der Waals surface area contributed by atoms with E-state index in [-0.39, 0.29) is 17.4 Å². The molecule has 0 amide bonds. The first-order valence-electron chi connectivity index (χ1n) is 9.17. The zero-order valence-corrected chi connectivity index (χ0v) is 14.8. The third-order valence-corrected chi connectivity index (χ3v) is 5.17. The molecule has 3 rings (SSSR count). The molecule has 0 spiro atoms. The highest BCUT2D eigenvalue weighted by molar-refractivity contribution is 5.59. The second kappa shape index (κ2) is 8.28. The number of nitriles is 1. The van der Waals surface area contributed by atoms with Gasteiger partial charge in [-0.2, -0.15) is 18.4 Å². The molecule has 26 heavy (non-hydrogen) atoms. The summed E-state index contributed by atoms with van der Waals surface area (Å²) in [5, 5.41) is 9.01. The fourth-order valence-electron chi connectivity index (χ4n) is 3.72. The van der Waals surface area contributed by atoms with Crippen molar-refractivity contribution in [2.24, 2.45) is 0 Å². The average molecular weight is 367 g/mol. The van der Waals surface area contributed by atoms with E-state index in [1.807, 2.05) is 6.07 Å². The quantitative estimate of drug-likeness (QED) is 0.796. The highest BCUT2D eigenvalue weighted by Gasteiger charge is 2.35. The van der Waals surface area contributed by atoms with Gasteiger partial charge in [-0.05, 0) is 57.0 Å². The van der Waals surface area contributed by atoms with Crippen molar-refractivity contribution in [3.63, 3.8) is 0 Å². The molecule has 0 bridgehead atoms. The number of hydrogen-bond acceptors (Lipinski definition) is 4. The zero-order chi connectivity index (χ0) is 18.6. The lowest BCUT2D eigenvalue weighted by molar-refractivity contribution is -0.137. The molecule has 0 N–H and O–H groups in total. The van der Waals surface area contributed by atoms with Crippen LogP contribution >= 0.6 is 0 Å². The van der Waals surface area contributed by atoms with Gasteiger partial charge in [-0.15, -0.1) is 0 Å². The number of piperidine rings is 1. The van der Waals surface area contributed by atoms with Crippen molar-refractivity contribution in [2.45, 2.75) is 38.0 Å². The monoisotopic (exact) mass is 367 g/mol. The van der Waals surface area contributed by atoms with E-state index in [2.05, 4.69) is 4.90 Å². The molecule has 0 saturated carbocycles. The summed E-state index contributed by atoms with van der Waals surface area (Å²) < 4.78 is 45.8. The summed E-state index contributed by atoms with van der Waals surface area (Å²) in [7, 11) is 0. The standard InChI is InChI=1S/C19H24F3N3O/c20-19(21,22)17-4-3-15(14-23)13-18(17)25-9-5-16(6-10-25)26-12-11-24-7-1-2-8-24/h3-4,13,16H,1-2,5-12H2. The van der Waals surface area contributed by atoms with Crippen LogP contribution in [0, 0.1) is 11.3 Å². The van der Waals surface area contributed by atoms with Gasteiger partial charge in [0.2, 0.25) is 0 Å². The molecule has 0 unspecified atom stereocenters. The maximum atomic E-state index is 13.3. The maximum Gasteiger partial charge on any atom is 0.418 e. The molecule has 2 fully saturated rings. The number of ether oxygens (including phenoxy) is 1. The summed E-state index contributed by atoms with van der Waals surface area (Å²) >= 11 is 0. The van der Waals surface area contributed by atoms with E-state index in [0.717, 1.165) is 25.7 Å². The molecule has 0 atom stereocenters. The summed E-state index contributed by atoms with van der Waals surface area (Å²) in [6, 6.07) is 5.50. The Morgan fingerprint density at radius 2 is 1.81 bits per heavy atom. The Hall–Kier alpha value is -1.78. The van der Waals surface area contributed by atoms with Crippen LogP contribution in [-0.4, -0.2) is 50.3 Å². The predicted molar refractivity (Wildman–Crippen MR) is 93.0 cm³/mol. The van der Waals surface area contributed by atoms with Crippen LogP contribution in [0.4, 0.5) is 18.9 Å². The Balaban J connectivity index is 1.56. The van der Waals surface area contributed by atoms with Crippen LogP contribution in [0.5, 0.6) is 0 Å². The lowest BCUT2D eigenvalue weighted by Crippen LogP contribution is -2.39. The average Bonchev–Trinajstić information content (AvgIpc) is 3.14. The third kappa shape index (κ3) is 4.68. The zero-order valence-electron chi connectivity index (χ0n) is 14.8.